The van der Waals surface area contributed by atoms with Gasteiger partial charge in [0.15, 0.2) is 0 Å². The van der Waals surface area contributed by atoms with Crippen molar-refractivity contribution in [2.45, 2.75) is 13.0 Å². The minimum Gasteiger partial charge on any atom is -0.320 e. The molecule has 4 heteroatoms. The van der Waals surface area contributed by atoms with Gasteiger partial charge in [0.1, 0.15) is 5.82 Å². The summed E-state index contributed by atoms with van der Waals surface area (Å²) in [6.45, 7) is 1.91. The zero-order chi connectivity index (χ0) is 13.3. The van der Waals surface area contributed by atoms with E-state index in [1.807, 2.05) is 13.0 Å². The lowest BCUT2D eigenvalue weighted by Gasteiger charge is -2.15. The van der Waals surface area contributed by atoms with Gasteiger partial charge in [0.2, 0.25) is 0 Å². The van der Waals surface area contributed by atoms with E-state index >= 15 is 0 Å². The van der Waals surface area contributed by atoms with Gasteiger partial charge < -0.3 is 5.73 Å². The highest BCUT2D eigenvalue weighted by Crippen LogP contribution is 2.28. The zero-order valence-electron chi connectivity index (χ0n) is 9.75. The maximum absolute atomic E-state index is 13.8. The van der Waals surface area contributed by atoms with Crippen LogP contribution in [0, 0.1) is 12.7 Å². The molecule has 1 unspecified atom stereocenters. The first kappa shape index (κ1) is 13.5. The van der Waals surface area contributed by atoms with E-state index in [4.69, 9.17) is 17.3 Å². The molecule has 0 bridgehead atoms. The van der Waals surface area contributed by atoms with Gasteiger partial charge in [0, 0.05) is 15.1 Å². The fraction of sp³-hybridized carbons (Fsp3) is 0.143. The van der Waals surface area contributed by atoms with Gasteiger partial charge in [0.05, 0.1) is 6.04 Å². The average molecular weight is 329 g/mol. The first-order valence-corrected chi connectivity index (χ1v) is 6.62. The van der Waals surface area contributed by atoms with Crippen LogP contribution in [0.3, 0.4) is 0 Å². The molecule has 2 aromatic rings. The molecule has 1 nitrogen and oxygen atoms in total. The smallest absolute Gasteiger partial charge is 0.128 e. The SMILES string of the molecule is Cc1ccc(F)c(C(N)c2cc(Cl)cc(Br)c2)c1. The number of hydrogen-bond donors (Lipinski definition) is 1. The van der Waals surface area contributed by atoms with E-state index in [2.05, 4.69) is 15.9 Å². The van der Waals surface area contributed by atoms with Crippen LogP contribution in [0.25, 0.3) is 0 Å². The molecule has 0 aliphatic heterocycles. The van der Waals surface area contributed by atoms with Crippen molar-refractivity contribution in [3.05, 3.63) is 68.4 Å². The second kappa shape index (κ2) is 5.39. The highest BCUT2D eigenvalue weighted by atomic mass is 79.9. The van der Waals surface area contributed by atoms with Gasteiger partial charge in [-0.05, 0) is 36.8 Å². The molecule has 1 atom stereocenters. The standard InChI is InChI=1S/C14H12BrClFN/c1-8-2-3-13(17)12(4-8)14(18)9-5-10(15)7-11(16)6-9/h2-7,14H,18H2,1H3. The Labute approximate surface area is 119 Å². The molecule has 0 radical (unpaired) electrons. The fourth-order valence-corrected chi connectivity index (χ4v) is 2.72. The van der Waals surface area contributed by atoms with Gasteiger partial charge in [-0.15, -0.1) is 0 Å². The number of rotatable bonds is 2. The molecule has 0 aliphatic rings. The molecule has 0 heterocycles. The summed E-state index contributed by atoms with van der Waals surface area (Å²) < 4.78 is 14.6. The van der Waals surface area contributed by atoms with Gasteiger partial charge in [-0.25, -0.2) is 4.39 Å². The van der Waals surface area contributed by atoms with Crippen molar-refractivity contribution in [3.63, 3.8) is 0 Å². The predicted octanol–water partition coefficient (Wildman–Crippen LogP) is 4.60. The van der Waals surface area contributed by atoms with Crippen molar-refractivity contribution in [3.8, 4) is 0 Å². The molecule has 2 aromatic carbocycles. The number of nitrogens with two attached hydrogens (primary N) is 1. The van der Waals surface area contributed by atoms with Crippen LogP contribution in [0.5, 0.6) is 0 Å². The predicted molar refractivity (Wildman–Crippen MR) is 76.3 cm³/mol. The van der Waals surface area contributed by atoms with E-state index in [-0.39, 0.29) is 5.82 Å². The minimum absolute atomic E-state index is 0.302. The summed E-state index contributed by atoms with van der Waals surface area (Å²) in [6, 6.07) is 9.75. The number of halogens is 3. The lowest BCUT2D eigenvalue weighted by Crippen LogP contribution is -2.14. The molecule has 0 spiro atoms. The molecule has 0 saturated heterocycles. The Balaban J connectivity index is 2.47. The zero-order valence-corrected chi connectivity index (χ0v) is 12.1. The normalized spacial score (nSPS) is 12.5. The van der Waals surface area contributed by atoms with Crippen molar-refractivity contribution in [2.24, 2.45) is 5.73 Å². The Morgan fingerprint density at radius 2 is 1.94 bits per heavy atom. The Bertz CT molecular complexity index is 566. The Hall–Kier alpha value is -0.900. The average Bonchev–Trinajstić information content (AvgIpc) is 2.30. The van der Waals surface area contributed by atoms with Crippen LogP contribution in [-0.2, 0) is 0 Å². The summed E-state index contributed by atoms with van der Waals surface area (Å²) in [4.78, 5) is 0. The van der Waals surface area contributed by atoms with E-state index in [9.17, 15) is 4.39 Å². The highest BCUT2D eigenvalue weighted by molar-refractivity contribution is 9.10. The molecule has 94 valence electrons. The van der Waals surface area contributed by atoms with E-state index in [1.165, 1.54) is 6.07 Å². The summed E-state index contributed by atoms with van der Waals surface area (Å²) in [5, 5.41) is 0.572. The number of hydrogen-bond acceptors (Lipinski definition) is 1. The summed E-state index contributed by atoms with van der Waals surface area (Å²) in [7, 11) is 0. The molecule has 2 N–H and O–H groups in total. The second-order valence-electron chi connectivity index (χ2n) is 4.21. The molecule has 0 aromatic heterocycles. The number of aryl methyl sites for hydroxylation is 1. The van der Waals surface area contributed by atoms with Crippen LogP contribution >= 0.6 is 27.5 Å². The maximum atomic E-state index is 13.8. The van der Waals surface area contributed by atoms with E-state index < -0.39 is 6.04 Å². The van der Waals surface area contributed by atoms with Crippen molar-refractivity contribution in [1.82, 2.24) is 0 Å². The molecule has 0 saturated carbocycles. The van der Waals surface area contributed by atoms with E-state index in [1.54, 1.807) is 24.3 Å². The highest BCUT2D eigenvalue weighted by Gasteiger charge is 2.14. The van der Waals surface area contributed by atoms with Gasteiger partial charge in [-0.1, -0.05) is 45.2 Å². The Morgan fingerprint density at radius 1 is 1.22 bits per heavy atom. The molecule has 0 amide bonds. The Kier molecular flexibility index (Phi) is 4.05. The van der Waals surface area contributed by atoms with Crippen LogP contribution in [0.4, 0.5) is 4.39 Å². The third-order valence-corrected chi connectivity index (χ3v) is 3.41. The molecule has 0 fully saturated rings. The van der Waals surface area contributed by atoms with Gasteiger partial charge >= 0.3 is 0 Å². The van der Waals surface area contributed by atoms with E-state index in [0.29, 0.717) is 10.6 Å². The van der Waals surface area contributed by atoms with Crippen LogP contribution in [0.2, 0.25) is 5.02 Å². The van der Waals surface area contributed by atoms with Crippen LogP contribution < -0.4 is 5.73 Å². The lowest BCUT2D eigenvalue weighted by atomic mass is 9.98. The minimum atomic E-state index is -0.528. The van der Waals surface area contributed by atoms with Gasteiger partial charge in [-0.3, -0.25) is 0 Å². The lowest BCUT2D eigenvalue weighted by molar-refractivity contribution is 0.599. The van der Waals surface area contributed by atoms with Crippen molar-refractivity contribution in [2.75, 3.05) is 0 Å². The summed E-state index contributed by atoms with van der Waals surface area (Å²) in [5.41, 5.74) is 8.33. The quantitative estimate of drug-likeness (QED) is 0.856. The largest absolute Gasteiger partial charge is 0.320 e. The first-order chi connectivity index (χ1) is 8.47. The van der Waals surface area contributed by atoms with Crippen molar-refractivity contribution >= 4 is 27.5 Å². The number of benzene rings is 2. The van der Waals surface area contributed by atoms with Crippen molar-refractivity contribution < 1.29 is 4.39 Å². The van der Waals surface area contributed by atoms with Crippen molar-refractivity contribution in [1.29, 1.82) is 0 Å². The van der Waals surface area contributed by atoms with Crippen LogP contribution in [-0.4, -0.2) is 0 Å². The summed E-state index contributed by atoms with van der Waals surface area (Å²) in [6.07, 6.45) is 0. The Morgan fingerprint density at radius 3 is 2.61 bits per heavy atom. The maximum Gasteiger partial charge on any atom is 0.128 e. The second-order valence-corrected chi connectivity index (χ2v) is 5.56. The summed E-state index contributed by atoms with van der Waals surface area (Å²) in [5.74, 6) is -0.302. The molecule has 0 aliphatic carbocycles. The molecule has 18 heavy (non-hydrogen) atoms. The van der Waals surface area contributed by atoms with E-state index in [0.717, 1.165) is 15.6 Å². The fourth-order valence-electron chi connectivity index (χ4n) is 1.84. The third-order valence-electron chi connectivity index (χ3n) is 2.73. The monoisotopic (exact) mass is 327 g/mol. The van der Waals surface area contributed by atoms with Gasteiger partial charge in [-0.2, -0.15) is 0 Å². The topological polar surface area (TPSA) is 26.0 Å². The van der Waals surface area contributed by atoms with Crippen LogP contribution in [0.15, 0.2) is 40.9 Å². The summed E-state index contributed by atoms with van der Waals surface area (Å²) >= 11 is 9.33. The first-order valence-electron chi connectivity index (χ1n) is 5.45. The molecular weight excluding hydrogens is 317 g/mol. The third kappa shape index (κ3) is 2.91. The molecular formula is C14H12BrClFN. The molecule has 2 rings (SSSR count). The van der Waals surface area contributed by atoms with Gasteiger partial charge in [0.25, 0.3) is 0 Å². The van der Waals surface area contributed by atoms with Crippen LogP contribution in [0.1, 0.15) is 22.7 Å².